The van der Waals surface area contributed by atoms with Crippen LogP contribution in [-0.2, 0) is 0 Å². The number of hydrogen-bond donors (Lipinski definition) is 1. The van der Waals surface area contributed by atoms with E-state index in [9.17, 15) is 9.18 Å². The largest absolute Gasteiger partial charge is 0.497 e. The summed E-state index contributed by atoms with van der Waals surface area (Å²) in [5.41, 5.74) is 2.70. The number of nitrogens with zero attached hydrogens (tertiary/aromatic N) is 2. The second-order valence-corrected chi connectivity index (χ2v) is 7.18. The van der Waals surface area contributed by atoms with Crippen molar-refractivity contribution < 1.29 is 13.9 Å². The number of likely N-dealkylation sites (N-methyl/N-ethyl adjacent to an activating group) is 1. The Morgan fingerprint density at radius 1 is 1.17 bits per heavy atom. The van der Waals surface area contributed by atoms with E-state index in [1.165, 1.54) is 12.1 Å². The standard InChI is InChI=1S/C24H28FN3O2/c1-5-28(6-2)23(18-8-7-9-20(12-18)30-4)15-26-24(29)21-13-17-10-11-19(25)14-22(17)27-16(21)3/h7-14,23H,5-6,15H2,1-4H3,(H,26,29). The molecule has 0 fully saturated rings. The lowest BCUT2D eigenvalue weighted by Gasteiger charge is -2.30. The maximum atomic E-state index is 13.5. The lowest BCUT2D eigenvalue weighted by Crippen LogP contribution is -2.38. The van der Waals surface area contributed by atoms with E-state index in [0.717, 1.165) is 29.8 Å². The number of benzene rings is 2. The summed E-state index contributed by atoms with van der Waals surface area (Å²) in [6, 6.07) is 14.1. The molecular weight excluding hydrogens is 381 g/mol. The molecule has 0 spiro atoms. The third-order valence-electron chi connectivity index (χ3n) is 5.40. The third kappa shape index (κ3) is 4.76. The van der Waals surface area contributed by atoms with E-state index in [-0.39, 0.29) is 17.8 Å². The average Bonchev–Trinajstić information content (AvgIpc) is 2.75. The van der Waals surface area contributed by atoms with Crippen LogP contribution in [0.1, 0.15) is 41.5 Å². The van der Waals surface area contributed by atoms with Crippen LogP contribution >= 0.6 is 0 Å². The third-order valence-corrected chi connectivity index (χ3v) is 5.40. The van der Waals surface area contributed by atoms with Gasteiger partial charge < -0.3 is 10.1 Å². The van der Waals surface area contributed by atoms with Crippen molar-refractivity contribution in [2.24, 2.45) is 0 Å². The molecule has 1 aromatic heterocycles. The fourth-order valence-corrected chi connectivity index (χ4v) is 3.72. The second-order valence-electron chi connectivity index (χ2n) is 7.18. The van der Waals surface area contributed by atoms with Crippen LogP contribution in [0.2, 0.25) is 0 Å². The summed E-state index contributed by atoms with van der Waals surface area (Å²) in [5, 5.41) is 3.80. The zero-order valence-corrected chi connectivity index (χ0v) is 17.9. The molecule has 1 unspecified atom stereocenters. The van der Waals surface area contributed by atoms with E-state index < -0.39 is 0 Å². The molecule has 0 bridgehead atoms. The Morgan fingerprint density at radius 3 is 2.63 bits per heavy atom. The Balaban J connectivity index is 1.84. The van der Waals surface area contributed by atoms with Crippen molar-refractivity contribution >= 4 is 16.8 Å². The van der Waals surface area contributed by atoms with Gasteiger partial charge in [-0.05, 0) is 55.9 Å². The average molecular weight is 410 g/mol. The summed E-state index contributed by atoms with van der Waals surface area (Å²) < 4.78 is 18.8. The first-order valence-electron chi connectivity index (χ1n) is 10.2. The fraction of sp³-hybridized carbons (Fsp3) is 0.333. The van der Waals surface area contributed by atoms with Crippen molar-refractivity contribution in [2.75, 3.05) is 26.7 Å². The summed E-state index contributed by atoms with van der Waals surface area (Å²) in [7, 11) is 1.65. The molecule has 0 aliphatic heterocycles. The van der Waals surface area contributed by atoms with Crippen molar-refractivity contribution in [3.63, 3.8) is 0 Å². The Kier molecular flexibility index (Phi) is 7.00. The molecule has 2 aromatic carbocycles. The van der Waals surface area contributed by atoms with E-state index >= 15 is 0 Å². The SMILES string of the molecule is CCN(CC)C(CNC(=O)c1cc2ccc(F)cc2nc1C)c1cccc(OC)c1. The number of amides is 1. The van der Waals surface area contributed by atoms with E-state index in [1.54, 1.807) is 26.2 Å². The monoisotopic (exact) mass is 409 g/mol. The molecule has 6 heteroatoms. The number of rotatable bonds is 8. The number of fused-ring (bicyclic) bond motifs is 1. The highest BCUT2D eigenvalue weighted by molar-refractivity contribution is 5.98. The molecule has 3 rings (SSSR count). The number of aryl methyl sites for hydroxylation is 1. The summed E-state index contributed by atoms with van der Waals surface area (Å²) >= 11 is 0. The van der Waals surface area contributed by atoms with Crippen molar-refractivity contribution in [1.29, 1.82) is 0 Å². The minimum Gasteiger partial charge on any atom is -0.497 e. The van der Waals surface area contributed by atoms with Gasteiger partial charge in [0, 0.05) is 18.0 Å². The fourth-order valence-electron chi connectivity index (χ4n) is 3.72. The van der Waals surface area contributed by atoms with Crippen LogP contribution in [0.15, 0.2) is 48.5 Å². The number of pyridine rings is 1. The summed E-state index contributed by atoms with van der Waals surface area (Å²) in [6.07, 6.45) is 0. The Morgan fingerprint density at radius 2 is 1.93 bits per heavy atom. The number of carbonyl (C=O) groups is 1. The van der Waals surface area contributed by atoms with Crippen molar-refractivity contribution in [3.8, 4) is 5.75 Å². The van der Waals surface area contributed by atoms with Gasteiger partial charge in [-0.2, -0.15) is 0 Å². The lowest BCUT2D eigenvalue weighted by molar-refractivity contribution is 0.0934. The highest BCUT2D eigenvalue weighted by Crippen LogP contribution is 2.24. The van der Waals surface area contributed by atoms with Crippen molar-refractivity contribution in [2.45, 2.75) is 26.8 Å². The van der Waals surface area contributed by atoms with Crippen LogP contribution in [0, 0.1) is 12.7 Å². The molecule has 1 amide bonds. The van der Waals surface area contributed by atoms with Crippen molar-refractivity contribution in [1.82, 2.24) is 15.2 Å². The predicted molar refractivity (Wildman–Crippen MR) is 117 cm³/mol. The smallest absolute Gasteiger partial charge is 0.253 e. The maximum absolute atomic E-state index is 13.5. The Bertz CT molecular complexity index is 1030. The summed E-state index contributed by atoms with van der Waals surface area (Å²) in [5.74, 6) is 0.260. The summed E-state index contributed by atoms with van der Waals surface area (Å²) in [6.45, 7) is 8.15. The molecule has 3 aromatic rings. The molecule has 0 radical (unpaired) electrons. The van der Waals surface area contributed by atoms with E-state index in [2.05, 4.69) is 35.1 Å². The number of carbonyl (C=O) groups excluding carboxylic acids is 1. The molecule has 1 atom stereocenters. The first kappa shape index (κ1) is 21.7. The molecule has 158 valence electrons. The maximum Gasteiger partial charge on any atom is 0.253 e. The molecule has 0 saturated heterocycles. The summed E-state index contributed by atoms with van der Waals surface area (Å²) in [4.78, 5) is 19.7. The number of ether oxygens (including phenoxy) is 1. The van der Waals surface area contributed by atoms with Gasteiger partial charge in [-0.3, -0.25) is 14.7 Å². The van der Waals surface area contributed by atoms with Gasteiger partial charge in [0.25, 0.3) is 5.91 Å². The zero-order chi connectivity index (χ0) is 21.7. The number of halogens is 1. The minimum absolute atomic E-state index is 0.0156. The normalized spacial score (nSPS) is 12.2. The predicted octanol–water partition coefficient (Wildman–Crippen LogP) is 4.50. The molecular formula is C24H28FN3O2. The van der Waals surface area contributed by atoms with E-state index in [4.69, 9.17) is 4.74 Å². The highest BCUT2D eigenvalue weighted by atomic mass is 19.1. The van der Waals surface area contributed by atoms with Gasteiger partial charge in [-0.1, -0.05) is 26.0 Å². The lowest BCUT2D eigenvalue weighted by atomic mass is 10.0. The topological polar surface area (TPSA) is 54.5 Å². The van der Waals surface area contributed by atoms with Crippen LogP contribution in [0.5, 0.6) is 5.75 Å². The highest BCUT2D eigenvalue weighted by Gasteiger charge is 2.21. The van der Waals surface area contributed by atoms with Crippen LogP contribution in [0.3, 0.4) is 0 Å². The van der Waals surface area contributed by atoms with Gasteiger partial charge in [0.2, 0.25) is 0 Å². The molecule has 30 heavy (non-hydrogen) atoms. The van der Waals surface area contributed by atoms with Gasteiger partial charge in [0.05, 0.1) is 29.9 Å². The van der Waals surface area contributed by atoms with Crippen LogP contribution in [-0.4, -0.2) is 42.5 Å². The zero-order valence-electron chi connectivity index (χ0n) is 17.9. The first-order valence-corrected chi connectivity index (χ1v) is 10.2. The molecule has 5 nitrogen and oxygen atoms in total. The van der Waals surface area contributed by atoms with Gasteiger partial charge in [0.1, 0.15) is 11.6 Å². The quantitative estimate of drug-likeness (QED) is 0.595. The van der Waals surface area contributed by atoms with Gasteiger partial charge in [-0.15, -0.1) is 0 Å². The second kappa shape index (κ2) is 9.67. The van der Waals surface area contributed by atoms with Crippen LogP contribution in [0.4, 0.5) is 4.39 Å². The molecule has 0 saturated carbocycles. The molecule has 0 aliphatic carbocycles. The molecule has 1 heterocycles. The van der Waals surface area contributed by atoms with E-state index in [1.807, 2.05) is 18.2 Å². The Labute approximate surface area is 176 Å². The van der Waals surface area contributed by atoms with Crippen LogP contribution in [0.25, 0.3) is 10.9 Å². The van der Waals surface area contributed by atoms with Gasteiger partial charge in [0.15, 0.2) is 0 Å². The minimum atomic E-state index is -0.341. The Hall–Kier alpha value is -2.99. The van der Waals surface area contributed by atoms with E-state index in [0.29, 0.717) is 23.3 Å². The van der Waals surface area contributed by atoms with Gasteiger partial charge >= 0.3 is 0 Å². The number of nitrogens with one attached hydrogen (secondary N) is 1. The number of aromatic nitrogens is 1. The van der Waals surface area contributed by atoms with Gasteiger partial charge in [-0.25, -0.2) is 4.39 Å². The molecule has 0 aliphatic rings. The number of methoxy groups -OCH3 is 1. The molecule has 1 N–H and O–H groups in total. The first-order chi connectivity index (χ1) is 14.5. The number of hydrogen-bond acceptors (Lipinski definition) is 4. The van der Waals surface area contributed by atoms with Crippen molar-refractivity contribution in [3.05, 3.63) is 71.2 Å². The van der Waals surface area contributed by atoms with Crippen LogP contribution < -0.4 is 10.1 Å².